The molecule has 2 amide bonds. The van der Waals surface area contributed by atoms with Crippen molar-refractivity contribution in [2.24, 2.45) is 0 Å². The molecular formula is C13H16N2O3. The molecule has 1 fully saturated rings. The van der Waals surface area contributed by atoms with Crippen LogP contribution in [-0.2, 0) is 9.59 Å². The van der Waals surface area contributed by atoms with Crippen LogP contribution in [0.1, 0.15) is 18.9 Å². The summed E-state index contributed by atoms with van der Waals surface area (Å²) >= 11 is 0. The first-order chi connectivity index (χ1) is 8.47. The molecule has 5 nitrogen and oxygen atoms in total. The lowest BCUT2D eigenvalue weighted by atomic mass is 10.1. The maximum Gasteiger partial charge on any atom is 0.229 e. The fourth-order valence-electron chi connectivity index (χ4n) is 2.04. The van der Waals surface area contributed by atoms with E-state index >= 15 is 0 Å². The number of carbonyl (C=O) groups is 2. The van der Waals surface area contributed by atoms with Gasteiger partial charge in [0.1, 0.15) is 0 Å². The summed E-state index contributed by atoms with van der Waals surface area (Å²) in [7, 11) is 0. The standard InChI is InChI=1S/C13H16N2O3/c1-8-3-4-10(5-12(8)14-9(2)16)15-7-11(17)6-13(15)18/h3-5,11,17H,6-7H2,1-2H3,(H,14,16). The SMILES string of the molecule is CC(=O)Nc1cc(N2CC(O)CC2=O)ccc1C. The van der Waals surface area contributed by atoms with Gasteiger partial charge in [-0.3, -0.25) is 9.59 Å². The van der Waals surface area contributed by atoms with Crippen LogP contribution in [-0.4, -0.2) is 29.6 Å². The summed E-state index contributed by atoms with van der Waals surface area (Å²) in [5, 5.41) is 12.2. The number of aliphatic hydroxyl groups is 1. The Kier molecular flexibility index (Phi) is 3.34. The Morgan fingerprint density at radius 3 is 2.78 bits per heavy atom. The smallest absolute Gasteiger partial charge is 0.229 e. The van der Waals surface area contributed by atoms with Crippen molar-refractivity contribution < 1.29 is 14.7 Å². The summed E-state index contributed by atoms with van der Waals surface area (Å²) < 4.78 is 0. The average molecular weight is 248 g/mol. The molecule has 1 aliphatic rings. The van der Waals surface area contributed by atoms with Crippen LogP contribution in [0.3, 0.4) is 0 Å². The van der Waals surface area contributed by atoms with E-state index in [1.807, 2.05) is 19.1 Å². The highest BCUT2D eigenvalue weighted by Crippen LogP contribution is 2.26. The maximum absolute atomic E-state index is 11.7. The van der Waals surface area contributed by atoms with E-state index in [9.17, 15) is 14.7 Å². The molecule has 0 aromatic heterocycles. The number of amides is 2. The minimum absolute atomic E-state index is 0.0971. The molecule has 18 heavy (non-hydrogen) atoms. The van der Waals surface area contributed by atoms with Gasteiger partial charge >= 0.3 is 0 Å². The second kappa shape index (κ2) is 4.78. The van der Waals surface area contributed by atoms with Gasteiger partial charge in [0.05, 0.1) is 19.1 Å². The van der Waals surface area contributed by atoms with Gasteiger partial charge in [0.25, 0.3) is 0 Å². The van der Waals surface area contributed by atoms with E-state index in [4.69, 9.17) is 0 Å². The lowest BCUT2D eigenvalue weighted by molar-refractivity contribution is -0.117. The monoisotopic (exact) mass is 248 g/mol. The van der Waals surface area contributed by atoms with E-state index in [1.165, 1.54) is 11.8 Å². The average Bonchev–Trinajstić information content (AvgIpc) is 2.60. The summed E-state index contributed by atoms with van der Waals surface area (Å²) in [6.07, 6.45) is -0.452. The summed E-state index contributed by atoms with van der Waals surface area (Å²) in [6, 6.07) is 5.42. The molecule has 2 rings (SSSR count). The lowest BCUT2D eigenvalue weighted by Gasteiger charge is -2.18. The van der Waals surface area contributed by atoms with Crippen molar-refractivity contribution >= 4 is 23.2 Å². The van der Waals surface area contributed by atoms with Crippen LogP contribution in [0.5, 0.6) is 0 Å². The van der Waals surface area contributed by atoms with Crippen molar-refractivity contribution in [1.29, 1.82) is 0 Å². The van der Waals surface area contributed by atoms with E-state index in [1.54, 1.807) is 6.07 Å². The van der Waals surface area contributed by atoms with Gasteiger partial charge in [0.2, 0.25) is 11.8 Å². The number of aliphatic hydroxyl groups excluding tert-OH is 1. The molecule has 1 aromatic carbocycles. The van der Waals surface area contributed by atoms with Gasteiger partial charge in [-0.2, -0.15) is 0 Å². The molecule has 0 spiro atoms. The summed E-state index contributed by atoms with van der Waals surface area (Å²) in [5.74, 6) is -0.247. The van der Waals surface area contributed by atoms with Crippen LogP contribution in [0.4, 0.5) is 11.4 Å². The number of hydrogen-bond acceptors (Lipinski definition) is 3. The highest BCUT2D eigenvalue weighted by molar-refractivity contribution is 5.97. The van der Waals surface area contributed by atoms with Crippen molar-refractivity contribution in [2.75, 3.05) is 16.8 Å². The number of carbonyl (C=O) groups excluding carboxylic acids is 2. The van der Waals surface area contributed by atoms with Crippen molar-refractivity contribution in [1.82, 2.24) is 0 Å². The number of nitrogens with one attached hydrogen (secondary N) is 1. The second-order valence-corrected chi connectivity index (χ2v) is 4.54. The first kappa shape index (κ1) is 12.6. The van der Waals surface area contributed by atoms with Crippen LogP contribution in [0.15, 0.2) is 18.2 Å². The molecule has 1 saturated heterocycles. The van der Waals surface area contributed by atoms with Crippen molar-refractivity contribution in [3.63, 3.8) is 0 Å². The lowest BCUT2D eigenvalue weighted by Crippen LogP contribution is -2.25. The Bertz CT molecular complexity index is 499. The van der Waals surface area contributed by atoms with E-state index in [-0.39, 0.29) is 18.2 Å². The molecule has 0 radical (unpaired) electrons. The molecule has 0 bridgehead atoms. The number of aryl methyl sites for hydroxylation is 1. The van der Waals surface area contributed by atoms with Crippen LogP contribution in [0.2, 0.25) is 0 Å². The fourth-order valence-corrected chi connectivity index (χ4v) is 2.04. The van der Waals surface area contributed by atoms with E-state index in [2.05, 4.69) is 5.32 Å². The molecule has 5 heteroatoms. The minimum Gasteiger partial charge on any atom is -0.391 e. The van der Waals surface area contributed by atoms with Crippen LogP contribution >= 0.6 is 0 Å². The Hall–Kier alpha value is -1.88. The molecule has 0 aliphatic carbocycles. The maximum atomic E-state index is 11.7. The predicted molar refractivity (Wildman–Crippen MR) is 68.5 cm³/mol. The van der Waals surface area contributed by atoms with Gasteiger partial charge in [-0.25, -0.2) is 0 Å². The Morgan fingerprint density at radius 1 is 1.50 bits per heavy atom. The molecule has 0 saturated carbocycles. The molecule has 1 unspecified atom stereocenters. The van der Waals surface area contributed by atoms with Crippen molar-refractivity contribution in [3.8, 4) is 0 Å². The highest BCUT2D eigenvalue weighted by Gasteiger charge is 2.29. The molecule has 2 N–H and O–H groups in total. The number of hydrogen-bond donors (Lipinski definition) is 2. The summed E-state index contributed by atoms with van der Waals surface area (Å²) in [6.45, 7) is 3.63. The molecule has 1 aromatic rings. The first-order valence-corrected chi connectivity index (χ1v) is 5.84. The van der Waals surface area contributed by atoms with Crippen LogP contribution in [0, 0.1) is 6.92 Å². The Labute approximate surface area is 105 Å². The fraction of sp³-hybridized carbons (Fsp3) is 0.385. The Morgan fingerprint density at radius 2 is 2.22 bits per heavy atom. The van der Waals surface area contributed by atoms with Crippen LogP contribution < -0.4 is 10.2 Å². The van der Waals surface area contributed by atoms with Gasteiger partial charge in [0, 0.05) is 18.3 Å². The number of rotatable bonds is 2. The van der Waals surface area contributed by atoms with Gasteiger partial charge in [0.15, 0.2) is 0 Å². The molecular weight excluding hydrogens is 232 g/mol. The van der Waals surface area contributed by atoms with Gasteiger partial charge in [-0.05, 0) is 24.6 Å². The first-order valence-electron chi connectivity index (χ1n) is 5.84. The topological polar surface area (TPSA) is 69.6 Å². The second-order valence-electron chi connectivity index (χ2n) is 4.54. The van der Waals surface area contributed by atoms with E-state index < -0.39 is 6.10 Å². The summed E-state index contributed by atoms with van der Waals surface area (Å²) in [4.78, 5) is 24.3. The number of benzene rings is 1. The van der Waals surface area contributed by atoms with Crippen LogP contribution in [0.25, 0.3) is 0 Å². The predicted octanol–water partition coefficient (Wildman–Crippen LogP) is 1.05. The Balaban J connectivity index is 2.29. The number of β-amino-alcohol motifs (C(OH)–C–C–N with tert-alkyl or cyclic N) is 1. The highest BCUT2D eigenvalue weighted by atomic mass is 16.3. The van der Waals surface area contributed by atoms with Crippen molar-refractivity contribution in [3.05, 3.63) is 23.8 Å². The third-order valence-electron chi connectivity index (χ3n) is 2.95. The number of nitrogens with zero attached hydrogens (tertiary/aromatic N) is 1. The molecule has 1 atom stereocenters. The zero-order valence-electron chi connectivity index (χ0n) is 10.4. The largest absolute Gasteiger partial charge is 0.391 e. The van der Waals surface area contributed by atoms with Gasteiger partial charge in [-0.15, -0.1) is 0 Å². The van der Waals surface area contributed by atoms with E-state index in [0.29, 0.717) is 17.9 Å². The van der Waals surface area contributed by atoms with Gasteiger partial charge < -0.3 is 15.3 Å². The third-order valence-corrected chi connectivity index (χ3v) is 2.95. The normalized spacial score (nSPS) is 19.2. The molecule has 96 valence electrons. The number of anilines is 2. The van der Waals surface area contributed by atoms with Gasteiger partial charge in [-0.1, -0.05) is 6.07 Å². The third kappa shape index (κ3) is 2.51. The zero-order valence-corrected chi connectivity index (χ0v) is 10.4. The van der Waals surface area contributed by atoms with Crippen molar-refractivity contribution in [2.45, 2.75) is 26.4 Å². The van der Waals surface area contributed by atoms with E-state index in [0.717, 1.165) is 5.56 Å². The molecule has 1 aliphatic heterocycles. The zero-order chi connectivity index (χ0) is 13.3. The quantitative estimate of drug-likeness (QED) is 0.822. The minimum atomic E-state index is -0.608. The summed E-state index contributed by atoms with van der Waals surface area (Å²) in [5.41, 5.74) is 2.32. The molecule has 1 heterocycles.